The van der Waals surface area contributed by atoms with Crippen LogP contribution in [-0.2, 0) is 32.7 Å². The van der Waals surface area contributed by atoms with E-state index < -0.39 is 57.6 Å². The highest BCUT2D eigenvalue weighted by molar-refractivity contribution is 7.47. The molecule has 4 N–H and O–H groups in total. The fraction of sp³-hybridized carbons (Fsp3) is 0.857. The predicted molar refractivity (Wildman–Crippen MR) is 185 cm³/mol. The van der Waals surface area contributed by atoms with Gasteiger partial charge in [-0.15, -0.1) is 0 Å². The lowest BCUT2D eigenvalue weighted by Gasteiger charge is -2.18. The molecule has 0 aliphatic rings. The van der Waals surface area contributed by atoms with E-state index in [2.05, 4.69) is 31.3 Å². The second kappa shape index (κ2) is 31.5. The number of hydrogen-bond donors (Lipinski definition) is 4. The molecule has 0 saturated heterocycles. The first-order valence-electron chi connectivity index (χ1n) is 18.2. The fourth-order valence-corrected chi connectivity index (χ4v) is 5.67. The molecule has 0 bridgehead atoms. The van der Waals surface area contributed by atoms with Crippen molar-refractivity contribution in [1.29, 1.82) is 0 Å². The maximum atomic E-state index is 12.2. The third kappa shape index (κ3) is 31.3. The molecule has 0 heterocycles. The monoisotopic (exact) mass is 691 g/mol. The third-order valence-electron chi connectivity index (χ3n) is 7.80. The van der Waals surface area contributed by atoms with E-state index in [1.807, 2.05) is 0 Å². The van der Waals surface area contributed by atoms with Gasteiger partial charge >= 0.3 is 19.8 Å². The van der Waals surface area contributed by atoms with Gasteiger partial charge in [-0.1, -0.05) is 122 Å². The van der Waals surface area contributed by atoms with E-state index in [1.165, 1.54) is 64.2 Å². The molecule has 0 radical (unpaired) electrons. The van der Waals surface area contributed by atoms with E-state index in [9.17, 15) is 34.1 Å². The first-order chi connectivity index (χ1) is 22.6. The van der Waals surface area contributed by atoms with Crippen molar-refractivity contribution >= 4 is 25.7 Å². The smallest absolute Gasteiger partial charge is 0.472 e. The van der Waals surface area contributed by atoms with Gasteiger partial charge in [0.05, 0.1) is 13.2 Å². The number of amides is 1. The van der Waals surface area contributed by atoms with Crippen molar-refractivity contribution in [2.24, 2.45) is 0 Å². The normalized spacial score (nSPS) is 14.1. The lowest BCUT2D eigenvalue weighted by molar-refractivity contribution is -0.147. The van der Waals surface area contributed by atoms with Gasteiger partial charge in [0, 0.05) is 12.8 Å². The van der Waals surface area contributed by atoms with E-state index in [1.54, 1.807) is 0 Å². The maximum absolute atomic E-state index is 12.2. The van der Waals surface area contributed by atoms with Crippen LogP contribution in [0.3, 0.4) is 0 Å². The molecule has 0 aromatic rings. The number of phosphoric ester groups is 1. The molecule has 0 aromatic carbocycles. The van der Waals surface area contributed by atoms with Crippen molar-refractivity contribution in [3.8, 4) is 0 Å². The van der Waals surface area contributed by atoms with Crippen LogP contribution >= 0.6 is 7.82 Å². The summed E-state index contributed by atoms with van der Waals surface area (Å²) in [7, 11) is -4.74. The number of allylic oxidation sites excluding steroid dienone is 2. The molecule has 11 nitrogen and oxygen atoms in total. The Morgan fingerprint density at radius 2 is 1.11 bits per heavy atom. The van der Waals surface area contributed by atoms with Crippen molar-refractivity contribution in [3.63, 3.8) is 0 Å². The zero-order chi connectivity index (χ0) is 35.0. The van der Waals surface area contributed by atoms with Crippen LogP contribution in [0.5, 0.6) is 0 Å². The van der Waals surface area contributed by atoms with Crippen LogP contribution in [-0.4, -0.2) is 64.9 Å². The number of nitrogens with one attached hydrogen (secondary N) is 1. The molecule has 1 amide bonds. The van der Waals surface area contributed by atoms with Gasteiger partial charge in [0.1, 0.15) is 12.7 Å². The summed E-state index contributed by atoms with van der Waals surface area (Å²) in [5, 5.41) is 21.6. The Kier molecular flexibility index (Phi) is 30.3. The molecule has 0 saturated carbocycles. The molecule has 0 aliphatic carbocycles. The molecule has 12 heteroatoms. The average molecular weight is 692 g/mol. The quantitative estimate of drug-likeness (QED) is 0.0224. The first kappa shape index (κ1) is 45.2. The number of rotatable bonds is 34. The van der Waals surface area contributed by atoms with Crippen molar-refractivity contribution in [2.45, 2.75) is 174 Å². The van der Waals surface area contributed by atoms with Gasteiger partial charge < -0.3 is 25.2 Å². The first-order valence-corrected chi connectivity index (χ1v) is 19.7. The number of carboxylic acids is 1. The number of carboxylic acid groups (broad SMARTS) is 1. The number of esters is 1. The van der Waals surface area contributed by atoms with Gasteiger partial charge in [0.2, 0.25) is 5.91 Å². The second-order valence-corrected chi connectivity index (χ2v) is 13.9. The van der Waals surface area contributed by atoms with Crippen molar-refractivity contribution in [2.75, 3.05) is 19.8 Å². The number of carbonyl (C=O) groups is 3. The molecule has 0 aliphatic heterocycles. The molecule has 0 spiro atoms. The van der Waals surface area contributed by atoms with Crippen molar-refractivity contribution in [3.05, 3.63) is 12.2 Å². The number of phosphoric acid groups is 1. The van der Waals surface area contributed by atoms with Crippen LogP contribution in [0.15, 0.2) is 12.2 Å². The number of ether oxygens (including phenoxy) is 1. The van der Waals surface area contributed by atoms with Gasteiger partial charge in [-0.05, 0) is 38.5 Å². The van der Waals surface area contributed by atoms with Gasteiger partial charge in [-0.25, -0.2) is 9.36 Å². The molecule has 0 fully saturated rings. The number of unbranched alkanes of at least 4 members (excludes halogenated alkanes) is 18. The second-order valence-electron chi connectivity index (χ2n) is 12.4. The largest absolute Gasteiger partial charge is 0.480 e. The minimum atomic E-state index is -4.74. The minimum Gasteiger partial charge on any atom is -0.480 e. The Bertz CT molecular complexity index is 869. The summed E-state index contributed by atoms with van der Waals surface area (Å²) in [6.07, 6.45) is 26.9. The highest BCUT2D eigenvalue weighted by atomic mass is 31.2. The summed E-state index contributed by atoms with van der Waals surface area (Å²) in [4.78, 5) is 45.4. The Labute approximate surface area is 284 Å². The molecule has 0 aromatic heterocycles. The van der Waals surface area contributed by atoms with Crippen LogP contribution < -0.4 is 5.32 Å². The lowest BCUT2D eigenvalue weighted by Crippen LogP contribution is -2.43. The molecule has 276 valence electrons. The van der Waals surface area contributed by atoms with Crippen LogP contribution in [0.2, 0.25) is 0 Å². The standard InChI is InChI=1S/C35H66NO10P/c1-3-5-7-9-11-13-14-15-16-17-18-19-21-23-25-27-34(39)44-28-31(37)29-45-47(42,43)46-30-32(35(40)41)36-33(38)26-24-22-20-12-10-8-6-4-2/h15-16,31-32,37H,3-14,17-30H2,1-2H3,(H,36,38)(H,40,41)(H,42,43)/b16-15-. The average Bonchev–Trinajstić information content (AvgIpc) is 3.04. The maximum Gasteiger partial charge on any atom is 0.472 e. The van der Waals surface area contributed by atoms with E-state index >= 15 is 0 Å². The summed E-state index contributed by atoms with van der Waals surface area (Å²) in [6.45, 7) is 2.51. The van der Waals surface area contributed by atoms with E-state index in [4.69, 9.17) is 13.8 Å². The highest BCUT2D eigenvalue weighted by Gasteiger charge is 2.28. The van der Waals surface area contributed by atoms with Gasteiger partial charge in [-0.3, -0.25) is 18.6 Å². The minimum absolute atomic E-state index is 0.147. The summed E-state index contributed by atoms with van der Waals surface area (Å²) in [6, 6.07) is -1.54. The number of aliphatic carboxylic acids is 1. The summed E-state index contributed by atoms with van der Waals surface area (Å²) in [5.41, 5.74) is 0. The van der Waals surface area contributed by atoms with Crippen molar-refractivity contribution in [1.82, 2.24) is 5.32 Å². The number of aliphatic hydroxyl groups is 1. The summed E-state index contributed by atoms with van der Waals surface area (Å²) in [5.74, 6) is -2.38. The number of aliphatic hydroxyl groups excluding tert-OH is 1. The highest BCUT2D eigenvalue weighted by Crippen LogP contribution is 2.43. The molecule has 3 unspecified atom stereocenters. The molecule has 47 heavy (non-hydrogen) atoms. The fourth-order valence-electron chi connectivity index (χ4n) is 4.90. The summed E-state index contributed by atoms with van der Waals surface area (Å²) >= 11 is 0. The van der Waals surface area contributed by atoms with Crippen LogP contribution in [0, 0.1) is 0 Å². The lowest BCUT2D eigenvalue weighted by atomic mass is 10.1. The van der Waals surface area contributed by atoms with Gasteiger partial charge in [-0.2, -0.15) is 0 Å². The van der Waals surface area contributed by atoms with Crippen LogP contribution in [0.1, 0.15) is 162 Å². The predicted octanol–water partition coefficient (Wildman–Crippen LogP) is 8.16. The van der Waals surface area contributed by atoms with E-state index in [0.717, 1.165) is 57.8 Å². The molecular formula is C35H66NO10P. The Morgan fingerprint density at radius 3 is 1.62 bits per heavy atom. The topological polar surface area (TPSA) is 169 Å². The zero-order valence-electron chi connectivity index (χ0n) is 29.3. The van der Waals surface area contributed by atoms with E-state index in [-0.39, 0.29) is 12.8 Å². The zero-order valence-corrected chi connectivity index (χ0v) is 30.2. The van der Waals surface area contributed by atoms with Crippen molar-refractivity contribution < 1.29 is 47.8 Å². The molecule has 0 rings (SSSR count). The number of hydrogen-bond acceptors (Lipinski definition) is 8. The Morgan fingerprint density at radius 1 is 0.660 bits per heavy atom. The summed E-state index contributed by atoms with van der Waals surface area (Å²) < 4.78 is 26.6. The third-order valence-corrected chi connectivity index (χ3v) is 8.76. The van der Waals surface area contributed by atoms with E-state index in [0.29, 0.717) is 12.8 Å². The molecule has 3 atom stereocenters. The number of carbonyl (C=O) groups excluding carboxylic acids is 2. The van der Waals surface area contributed by atoms with Crippen LogP contribution in [0.4, 0.5) is 0 Å². The van der Waals surface area contributed by atoms with Gasteiger partial charge in [0.25, 0.3) is 0 Å². The molecular weight excluding hydrogens is 625 g/mol. The Balaban J connectivity index is 3.95. The Hall–Kier alpha value is -1.78. The van der Waals surface area contributed by atoms with Crippen LogP contribution in [0.25, 0.3) is 0 Å². The SMILES string of the molecule is CCCCCCCC/C=C\CCCCCCCC(=O)OCC(O)COP(=O)(O)OCC(NC(=O)CCCCCCCCCC)C(=O)O. The van der Waals surface area contributed by atoms with Gasteiger partial charge in [0.15, 0.2) is 6.04 Å².